The topological polar surface area (TPSA) is 52.3 Å². The summed E-state index contributed by atoms with van der Waals surface area (Å²) in [4.78, 5) is 11.0. The number of hydrogen-bond donors (Lipinski definition) is 1. The molecule has 2 N–H and O–H groups in total. The molecule has 1 atom stereocenters. The first-order valence-corrected chi connectivity index (χ1v) is 5.49. The van der Waals surface area contributed by atoms with E-state index >= 15 is 0 Å². The van der Waals surface area contributed by atoms with Crippen LogP contribution in [0.4, 0.5) is 0 Å². The van der Waals surface area contributed by atoms with E-state index in [0.717, 1.165) is 10.0 Å². The lowest BCUT2D eigenvalue weighted by Crippen LogP contribution is -2.16. The van der Waals surface area contributed by atoms with Crippen LogP contribution in [0.25, 0.3) is 0 Å². The fourth-order valence-electron chi connectivity index (χ4n) is 1.17. The Labute approximate surface area is 114 Å². The van der Waals surface area contributed by atoms with Crippen molar-refractivity contribution in [2.24, 2.45) is 5.73 Å². The summed E-state index contributed by atoms with van der Waals surface area (Å²) >= 11 is 9.19. The van der Waals surface area contributed by atoms with E-state index < -0.39 is 6.04 Å². The highest BCUT2D eigenvalue weighted by atomic mass is 79.9. The molecular formula is C10H12BrCl2NO2. The number of esters is 1. The molecule has 0 unspecified atom stereocenters. The molecule has 0 aliphatic heterocycles. The normalized spacial score (nSPS) is 11.5. The monoisotopic (exact) mass is 327 g/mol. The van der Waals surface area contributed by atoms with E-state index in [0.29, 0.717) is 5.02 Å². The van der Waals surface area contributed by atoms with Gasteiger partial charge in [0.1, 0.15) is 0 Å². The molecule has 90 valence electrons. The summed E-state index contributed by atoms with van der Waals surface area (Å²) in [7, 11) is 1.34. The fourth-order valence-corrected chi connectivity index (χ4v) is 1.89. The molecule has 0 heterocycles. The van der Waals surface area contributed by atoms with Crippen molar-refractivity contribution in [3.05, 3.63) is 33.3 Å². The molecular weight excluding hydrogens is 317 g/mol. The van der Waals surface area contributed by atoms with Gasteiger partial charge in [0.2, 0.25) is 0 Å². The number of methoxy groups -OCH3 is 1. The number of rotatable bonds is 3. The molecule has 1 aromatic rings. The van der Waals surface area contributed by atoms with E-state index in [-0.39, 0.29) is 24.8 Å². The maximum absolute atomic E-state index is 11.0. The largest absolute Gasteiger partial charge is 0.469 e. The van der Waals surface area contributed by atoms with Gasteiger partial charge in [-0.25, -0.2) is 0 Å². The lowest BCUT2D eigenvalue weighted by atomic mass is 10.1. The summed E-state index contributed by atoms with van der Waals surface area (Å²) in [6.07, 6.45) is 0.134. The number of nitrogens with two attached hydrogens (primary N) is 1. The maximum atomic E-state index is 11.0. The molecule has 6 heteroatoms. The molecule has 0 bridgehead atoms. The van der Waals surface area contributed by atoms with E-state index in [9.17, 15) is 4.79 Å². The van der Waals surface area contributed by atoms with Gasteiger partial charge in [-0.15, -0.1) is 12.4 Å². The van der Waals surface area contributed by atoms with E-state index in [1.807, 2.05) is 0 Å². The average Bonchev–Trinajstić information content (AvgIpc) is 2.21. The number of halogens is 3. The molecule has 0 saturated heterocycles. The van der Waals surface area contributed by atoms with Crippen LogP contribution in [-0.2, 0) is 9.53 Å². The predicted molar refractivity (Wildman–Crippen MR) is 70.0 cm³/mol. The van der Waals surface area contributed by atoms with E-state index in [4.69, 9.17) is 17.3 Å². The second-order valence-electron chi connectivity index (χ2n) is 3.05. The van der Waals surface area contributed by atoms with Gasteiger partial charge in [0.25, 0.3) is 0 Å². The highest BCUT2D eigenvalue weighted by Gasteiger charge is 2.14. The Morgan fingerprint density at radius 2 is 2.25 bits per heavy atom. The van der Waals surface area contributed by atoms with E-state index in [1.165, 1.54) is 7.11 Å². The van der Waals surface area contributed by atoms with Gasteiger partial charge in [-0.3, -0.25) is 4.79 Å². The van der Waals surface area contributed by atoms with Crippen molar-refractivity contribution >= 4 is 45.9 Å². The van der Waals surface area contributed by atoms with Crippen LogP contribution < -0.4 is 5.73 Å². The zero-order chi connectivity index (χ0) is 11.4. The van der Waals surface area contributed by atoms with Crippen LogP contribution in [0.2, 0.25) is 5.02 Å². The quantitative estimate of drug-likeness (QED) is 0.867. The third-order valence-corrected chi connectivity index (χ3v) is 2.93. The van der Waals surface area contributed by atoms with Gasteiger partial charge in [0.15, 0.2) is 0 Å². The minimum absolute atomic E-state index is 0. The van der Waals surface area contributed by atoms with Crippen molar-refractivity contribution in [3.63, 3.8) is 0 Å². The molecule has 0 saturated carbocycles. The van der Waals surface area contributed by atoms with Crippen LogP contribution in [0.15, 0.2) is 22.7 Å². The van der Waals surface area contributed by atoms with Crippen LogP contribution in [0.3, 0.4) is 0 Å². The van der Waals surface area contributed by atoms with Gasteiger partial charge in [0.05, 0.1) is 13.5 Å². The van der Waals surface area contributed by atoms with Crippen molar-refractivity contribution in [2.75, 3.05) is 7.11 Å². The summed E-state index contributed by atoms with van der Waals surface area (Å²) in [5.74, 6) is -0.339. The Bertz CT molecular complexity index is 374. The summed E-state index contributed by atoms with van der Waals surface area (Å²) in [6, 6.07) is 4.87. The van der Waals surface area contributed by atoms with Crippen molar-refractivity contribution in [1.82, 2.24) is 0 Å². The molecule has 0 aliphatic rings. The van der Waals surface area contributed by atoms with Crippen LogP contribution >= 0.6 is 39.9 Å². The molecule has 0 aliphatic carbocycles. The molecule has 0 radical (unpaired) electrons. The SMILES string of the molecule is COC(=O)C[C@H](N)c1cc(Cl)ccc1Br.Cl. The first-order valence-electron chi connectivity index (χ1n) is 4.32. The van der Waals surface area contributed by atoms with Gasteiger partial charge in [-0.2, -0.15) is 0 Å². The lowest BCUT2D eigenvalue weighted by molar-refractivity contribution is -0.141. The highest BCUT2D eigenvalue weighted by Crippen LogP contribution is 2.27. The van der Waals surface area contributed by atoms with Gasteiger partial charge in [-0.05, 0) is 23.8 Å². The molecule has 0 amide bonds. The standard InChI is InChI=1S/C10H11BrClNO2.ClH/c1-15-10(14)5-9(13)7-4-6(12)2-3-8(7)11;/h2-4,9H,5,13H2,1H3;1H/t9-;/m0./s1. The lowest BCUT2D eigenvalue weighted by Gasteiger charge is -2.12. The summed E-state index contributed by atoms with van der Waals surface area (Å²) in [5.41, 5.74) is 6.65. The third kappa shape index (κ3) is 4.29. The minimum Gasteiger partial charge on any atom is -0.469 e. The van der Waals surface area contributed by atoms with Crippen molar-refractivity contribution in [2.45, 2.75) is 12.5 Å². The Morgan fingerprint density at radius 3 is 2.81 bits per heavy atom. The Kier molecular flexibility index (Phi) is 6.99. The number of ether oxygens (including phenoxy) is 1. The Hall–Kier alpha value is -0.290. The van der Waals surface area contributed by atoms with Gasteiger partial charge >= 0.3 is 5.97 Å². The van der Waals surface area contributed by atoms with Crippen molar-refractivity contribution < 1.29 is 9.53 Å². The fraction of sp³-hybridized carbons (Fsp3) is 0.300. The Balaban J connectivity index is 0.00000225. The molecule has 0 fully saturated rings. The van der Waals surface area contributed by atoms with Crippen LogP contribution in [0.1, 0.15) is 18.0 Å². The van der Waals surface area contributed by atoms with Crippen LogP contribution in [0.5, 0.6) is 0 Å². The predicted octanol–water partition coefficient (Wildman–Crippen LogP) is 3.09. The molecule has 1 aromatic carbocycles. The third-order valence-electron chi connectivity index (χ3n) is 1.97. The second kappa shape index (κ2) is 7.12. The smallest absolute Gasteiger partial charge is 0.307 e. The number of carbonyl (C=O) groups is 1. The van der Waals surface area contributed by atoms with Gasteiger partial charge in [0, 0.05) is 15.5 Å². The second-order valence-corrected chi connectivity index (χ2v) is 4.34. The van der Waals surface area contributed by atoms with E-state index in [1.54, 1.807) is 18.2 Å². The average molecular weight is 329 g/mol. The zero-order valence-corrected chi connectivity index (χ0v) is 11.7. The number of benzene rings is 1. The first kappa shape index (κ1) is 15.7. The molecule has 16 heavy (non-hydrogen) atoms. The summed E-state index contributed by atoms with van der Waals surface area (Å²) in [5, 5.41) is 0.591. The van der Waals surface area contributed by atoms with Crippen molar-refractivity contribution in [3.8, 4) is 0 Å². The summed E-state index contributed by atoms with van der Waals surface area (Å²) < 4.78 is 5.38. The van der Waals surface area contributed by atoms with Crippen molar-refractivity contribution in [1.29, 1.82) is 0 Å². The van der Waals surface area contributed by atoms with Crippen LogP contribution in [-0.4, -0.2) is 13.1 Å². The van der Waals surface area contributed by atoms with Gasteiger partial charge < -0.3 is 10.5 Å². The van der Waals surface area contributed by atoms with E-state index in [2.05, 4.69) is 20.7 Å². The van der Waals surface area contributed by atoms with Crippen LogP contribution in [0, 0.1) is 0 Å². The molecule has 0 aromatic heterocycles. The highest BCUT2D eigenvalue weighted by molar-refractivity contribution is 9.10. The minimum atomic E-state index is -0.412. The maximum Gasteiger partial charge on any atom is 0.307 e. The molecule has 1 rings (SSSR count). The zero-order valence-electron chi connectivity index (χ0n) is 8.57. The Morgan fingerprint density at radius 1 is 1.62 bits per heavy atom. The first-order chi connectivity index (χ1) is 7.04. The molecule has 3 nitrogen and oxygen atoms in total. The number of hydrogen-bond acceptors (Lipinski definition) is 3. The number of carbonyl (C=O) groups excluding carboxylic acids is 1. The van der Waals surface area contributed by atoms with Gasteiger partial charge in [-0.1, -0.05) is 27.5 Å². The molecule has 0 spiro atoms. The summed E-state index contributed by atoms with van der Waals surface area (Å²) in [6.45, 7) is 0.